The Morgan fingerprint density at radius 2 is 2.17 bits per heavy atom. The fraction of sp³-hybridized carbons (Fsp3) is 0.0833. The topological polar surface area (TPSA) is 86.0 Å². The van der Waals surface area contributed by atoms with Crippen LogP contribution in [0.4, 0.5) is 5.13 Å². The minimum Gasteiger partial charge on any atom is -0.480 e. The van der Waals surface area contributed by atoms with Crippen LogP contribution in [0.2, 0.25) is 0 Å². The molecule has 0 fully saturated rings. The first kappa shape index (κ1) is 12.1. The lowest BCUT2D eigenvalue weighted by Crippen LogP contribution is -2.11. The highest BCUT2D eigenvalue weighted by Gasteiger charge is 2.05. The summed E-state index contributed by atoms with van der Waals surface area (Å²) in [6, 6.07) is 9.12. The number of benzene rings is 1. The van der Waals surface area contributed by atoms with E-state index in [-0.39, 0.29) is 6.54 Å². The first-order valence-corrected chi connectivity index (χ1v) is 5.99. The number of thiazole rings is 1. The Morgan fingerprint density at radius 1 is 1.44 bits per heavy atom. The molecule has 0 amide bonds. The van der Waals surface area contributed by atoms with Crippen LogP contribution >= 0.6 is 11.3 Å². The van der Waals surface area contributed by atoms with E-state index in [1.54, 1.807) is 12.1 Å². The van der Waals surface area contributed by atoms with Crippen LogP contribution < -0.4 is 5.32 Å². The van der Waals surface area contributed by atoms with Gasteiger partial charge in [0.15, 0.2) is 5.13 Å². The first-order chi connectivity index (χ1) is 8.69. The van der Waals surface area contributed by atoms with Gasteiger partial charge < -0.3 is 10.4 Å². The summed E-state index contributed by atoms with van der Waals surface area (Å²) in [5.74, 6) is -0.926. The number of aromatic nitrogens is 1. The molecule has 0 unspecified atom stereocenters. The second-order valence-corrected chi connectivity index (χ2v) is 4.33. The number of hydrogen-bond acceptors (Lipinski definition) is 5. The van der Waals surface area contributed by atoms with E-state index in [0.717, 1.165) is 11.3 Å². The number of aliphatic carboxylic acids is 1. The highest BCUT2D eigenvalue weighted by Crippen LogP contribution is 2.24. The molecule has 1 heterocycles. The number of hydrogen-bond donors (Lipinski definition) is 2. The van der Waals surface area contributed by atoms with Crippen molar-refractivity contribution >= 4 is 22.4 Å². The number of nitriles is 1. The average Bonchev–Trinajstić information content (AvgIpc) is 2.85. The number of carboxylic acids is 1. The van der Waals surface area contributed by atoms with E-state index in [0.29, 0.717) is 10.7 Å². The molecule has 2 N–H and O–H groups in total. The number of anilines is 1. The molecule has 1 aromatic carbocycles. The zero-order chi connectivity index (χ0) is 13.0. The van der Waals surface area contributed by atoms with Gasteiger partial charge in [-0.3, -0.25) is 4.79 Å². The maximum atomic E-state index is 10.4. The Bertz CT molecular complexity index is 599. The predicted octanol–water partition coefficient (Wildman–Crippen LogP) is 2.18. The molecule has 6 heteroatoms. The van der Waals surface area contributed by atoms with E-state index < -0.39 is 5.97 Å². The first-order valence-electron chi connectivity index (χ1n) is 5.11. The van der Waals surface area contributed by atoms with Gasteiger partial charge in [0.1, 0.15) is 6.54 Å². The summed E-state index contributed by atoms with van der Waals surface area (Å²) in [6.45, 7) is -0.152. The second-order valence-electron chi connectivity index (χ2n) is 3.47. The summed E-state index contributed by atoms with van der Waals surface area (Å²) < 4.78 is 0. The average molecular weight is 259 g/mol. The molecule has 0 saturated heterocycles. The predicted molar refractivity (Wildman–Crippen MR) is 68.4 cm³/mol. The molecule has 2 aromatic rings. The zero-order valence-corrected chi connectivity index (χ0v) is 10.1. The molecule has 90 valence electrons. The summed E-state index contributed by atoms with van der Waals surface area (Å²) in [5.41, 5.74) is 2.25. The maximum absolute atomic E-state index is 10.4. The number of nitrogens with one attached hydrogen (secondary N) is 1. The lowest BCUT2D eigenvalue weighted by Gasteiger charge is -1.97. The van der Waals surface area contributed by atoms with Gasteiger partial charge >= 0.3 is 5.97 Å². The molecule has 5 nitrogen and oxygen atoms in total. The number of nitrogens with zero attached hydrogens (tertiary/aromatic N) is 2. The van der Waals surface area contributed by atoms with Gasteiger partial charge in [0.2, 0.25) is 0 Å². The summed E-state index contributed by atoms with van der Waals surface area (Å²) >= 11 is 1.35. The van der Waals surface area contributed by atoms with Gasteiger partial charge in [0.25, 0.3) is 0 Å². The molecule has 0 spiro atoms. The van der Waals surface area contributed by atoms with Crippen LogP contribution in [0.15, 0.2) is 29.6 Å². The standard InChI is InChI=1S/C12H9N3O2S/c13-5-8-1-3-9(4-2-8)10-7-18-12(15-10)14-6-11(16)17/h1-4,7H,6H2,(H,14,15)(H,16,17). The second kappa shape index (κ2) is 5.29. The van der Waals surface area contributed by atoms with Gasteiger partial charge in [-0.15, -0.1) is 11.3 Å². The van der Waals surface area contributed by atoms with Crippen molar-refractivity contribution in [2.24, 2.45) is 0 Å². The lowest BCUT2D eigenvalue weighted by molar-refractivity contribution is -0.134. The Morgan fingerprint density at radius 3 is 2.78 bits per heavy atom. The third kappa shape index (κ3) is 2.84. The van der Waals surface area contributed by atoms with Crippen LogP contribution in [0.3, 0.4) is 0 Å². The van der Waals surface area contributed by atoms with Crippen LogP contribution in [-0.2, 0) is 4.79 Å². The molecule has 0 aliphatic rings. The van der Waals surface area contributed by atoms with Crippen molar-refractivity contribution < 1.29 is 9.90 Å². The third-order valence-electron chi connectivity index (χ3n) is 2.20. The highest BCUT2D eigenvalue weighted by molar-refractivity contribution is 7.14. The van der Waals surface area contributed by atoms with E-state index in [9.17, 15) is 4.79 Å². The molecule has 0 aliphatic heterocycles. The normalized spacial score (nSPS) is 9.72. The summed E-state index contributed by atoms with van der Waals surface area (Å²) in [5, 5.41) is 22.4. The Kier molecular flexibility index (Phi) is 3.55. The van der Waals surface area contributed by atoms with Gasteiger partial charge in [0, 0.05) is 10.9 Å². The molecular formula is C12H9N3O2S. The van der Waals surface area contributed by atoms with Crippen LogP contribution in [0.25, 0.3) is 11.3 Å². The quantitative estimate of drug-likeness (QED) is 0.878. The Hall–Kier alpha value is -2.39. The Balaban J connectivity index is 2.13. The summed E-state index contributed by atoms with van der Waals surface area (Å²) in [7, 11) is 0. The fourth-order valence-electron chi connectivity index (χ4n) is 1.35. The molecule has 0 bridgehead atoms. The van der Waals surface area contributed by atoms with Crippen LogP contribution in [0, 0.1) is 11.3 Å². The third-order valence-corrected chi connectivity index (χ3v) is 3.00. The van der Waals surface area contributed by atoms with Gasteiger partial charge in [-0.05, 0) is 12.1 Å². The summed E-state index contributed by atoms with van der Waals surface area (Å²) in [6.07, 6.45) is 0. The van der Waals surface area contributed by atoms with Gasteiger partial charge in [-0.1, -0.05) is 12.1 Å². The van der Waals surface area contributed by atoms with E-state index in [4.69, 9.17) is 10.4 Å². The van der Waals surface area contributed by atoms with Crippen molar-refractivity contribution in [3.63, 3.8) is 0 Å². The van der Waals surface area contributed by atoms with Crippen molar-refractivity contribution in [1.82, 2.24) is 4.98 Å². The SMILES string of the molecule is N#Cc1ccc(-c2csc(NCC(=O)O)n2)cc1. The molecule has 0 saturated carbocycles. The van der Waals surface area contributed by atoms with Crippen LogP contribution in [0.5, 0.6) is 0 Å². The number of carbonyl (C=O) groups is 1. The van der Waals surface area contributed by atoms with Gasteiger partial charge in [0.05, 0.1) is 17.3 Å². The molecule has 18 heavy (non-hydrogen) atoms. The van der Waals surface area contributed by atoms with E-state index in [1.807, 2.05) is 23.6 Å². The molecule has 0 aliphatic carbocycles. The van der Waals surface area contributed by atoms with Gasteiger partial charge in [-0.25, -0.2) is 4.98 Å². The minimum atomic E-state index is -0.926. The molecule has 2 rings (SSSR count). The molecule has 1 aromatic heterocycles. The summed E-state index contributed by atoms with van der Waals surface area (Å²) in [4.78, 5) is 14.7. The number of rotatable bonds is 4. The monoisotopic (exact) mass is 259 g/mol. The van der Waals surface area contributed by atoms with Crippen LogP contribution in [0.1, 0.15) is 5.56 Å². The Labute approximate surface area is 107 Å². The number of carboxylic acid groups (broad SMARTS) is 1. The molecule has 0 radical (unpaired) electrons. The van der Waals surface area contributed by atoms with Crippen molar-refractivity contribution in [3.8, 4) is 17.3 Å². The van der Waals surface area contributed by atoms with Gasteiger partial charge in [-0.2, -0.15) is 5.26 Å². The van der Waals surface area contributed by atoms with Crippen molar-refractivity contribution in [1.29, 1.82) is 5.26 Å². The smallest absolute Gasteiger partial charge is 0.322 e. The maximum Gasteiger partial charge on any atom is 0.322 e. The van der Waals surface area contributed by atoms with E-state index >= 15 is 0 Å². The highest BCUT2D eigenvalue weighted by atomic mass is 32.1. The van der Waals surface area contributed by atoms with E-state index in [1.165, 1.54) is 11.3 Å². The van der Waals surface area contributed by atoms with Crippen molar-refractivity contribution in [2.75, 3.05) is 11.9 Å². The van der Waals surface area contributed by atoms with Crippen molar-refractivity contribution in [2.45, 2.75) is 0 Å². The fourth-order valence-corrected chi connectivity index (χ4v) is 2.07. The molecule has 0 atom stereocenters. The van der Waals surface area contributed by atoms with E-state index in [2.05, 4.69) is 10.3 Å². The minimum absolute atomic E-state index is 0.152. The van der Waals surface area contributed by atoms with Crippen molar-refractivity contribution in [3.05, 3.63) is 35.2 Å². The largest absolute Gasteiger partial charge is 0.480 e. The zero-order valence-electron chi connectivity index (χ0n) is 9.25. The van der Waals surface area contributed by atoms with Crippen LogP contribution in [-0.4, -0.2) is 22.6 Å². The molecular weight excluding hydrogens is 250 g/mol. The lowest BCUT2D eigenvalue weighted by atomic mass is 10.1.